The number of halogens is 1. The van der Waals surface area contributed by atoms with Gasteiger partial charge in [-0.15, -0.1) is 11.3 Å². The normalized spacial score (nSPS) is 26.2. The van der Waals surface area contributed by atoms with Gasteiger partial charge in [0.2, 0.25) is 0 Å². The summed E-state index contributed by atoms with van der Waals surface area (Å²) < 4.78 is 25.3. The molecule has 0 spiro atoms. The van der Waals surface area contributed by atoms with Crippen LogP contribution in [0, 0.1) is 5.82 Å². The number of hydrogen-bond acceptors (Lipinski definition) is 6. The first-order valence-corrected chi connectivity index (χ1v) is 8.76. The molecule has 2 aliphatic rings. The number of hydrogen-bond donors (Lipinski definition) is 0. The third kappa shape index (κ3) is 2.76. The van der Waals surface area contributed by atoms with E-state index < -0.39 is 5.82 Å². The predicted octanol–water partition coefficient (Wildman–Crippen LogP) is 2.13. The van der Waals surface area contributed by atoms with Gasteiger partial charge in [-0.05, 0) is 25.0 Å². The van der Waals surface area contributed by atoms with Gasteiger partial charge in [-0.3, -0.25) is 4.79 Å². The molecule has 0 unspecified atom stereocenters. The molecule has 24 heavy (non-hydrogen) atoms. The van der Waals surface area contributed by atoms with Crippen LogP contribution >= 0.6 is 11.3 Å². The first-order chi connectivity index (χ1) is 11.7. The van der Waals surface area contributed by atoms with Crippen LogP contribution in [0.5, 0.6) is 5.88 Å². The fourth-order valence-electron chi connectivity index (χ4n) is 3.36. The molecule has 3 heterocycles. The van der Waals surface area contributed by atoms with E-state index in [1.165, 1.54) is 29.7 Å². The van der Waals surface area contributed by atoms with Crippen molar-refractivity contribution < 1.29 is 18.7 Å². The predicted molar refractivity (Wildman–Crippen MR) is 84.5 cm³/mol. The van der Waals surface area contributed by atoms with E-state index in [1.807, 2.05) is 0 Å². The molecule has 126 valence electrons. The molecule has 2 aromatic rings. The fourth-order valence-corrected chi connectivity index (χ4v) is 3.89. The summed E-state index contributed by atoms with van der Waals surface area (Å²) in [5, 5.41) is 1.75. The van der Waals surface area contributed by atoms with Crippen molar-refractivity contribution >= 4 is 17.2 Å². The van der Waals surface area contributed by atoms with Crippen molar-refractivity contribution in [3.63, 3.8) is 0 Å². The largest absolute Gasteiger partial charge is 0.469 e. The number of morpholine rings is 1. The number of carbonyl (C=O) groups excluding carboxylic acids is 1. The monoisotopic (exact) mass is 349 g/mol. The van der Waals surface area contributed by atoms with Gasteiger partial charge >= 0.3 is 0 Å². The van der Waals surface area contributed by atoms with Crippen LogP contribution in [-0.4, -0.2) is 52.2 Å². The second kappa shape index (κ2) is 6.45. The van der Waals surface area contributed by atoms with Crippen molar-refractivity contribution in [2.24, 2.45) is 0 Å². The molecule has 8 heteroatoms. The average molecular weight is 349 g/mol. The van der Waals surface area contributed by atoms with E-state index in [9.17, 15) is 9.18 Å². The zero-order chi connectivity index (χ0) is 16.5. The Hall–Kier alpha value is -2.06. The number of aromatic nitrogens is 2. The number of carbonyl (C=O) groups is 1. The van der Waals surface area contributed by atoms with E-state index in [2.05, 4.69) is 9.97 Å². The van der Waals surface area contributed by atoms with E-state index in [0.29, 0.717) is 25.3 Å². The van der Waals surface area contributed by atoms with Gasteiger partial charge in [-0.25, -0.2) is 14.4 Å². The number of thiazole rings is 1. The second-order valence-electron chi connectivity index (χ2n) is 5.80. The Bertz CT molecular complexity index is 727. The van der Waals surface area contributed by atoms with Gasteiger partial charge in [0.1, 0.15) is 17.9 Å². The molecule has 2 aromatic heterocycles. The van der Waals surface area contributed by atoms with Crippen LogP contribution in [0.1, 0.15) is 23.3 Å². The van der Waals surface area contributed by atoms with Crippen molar-refractivity contribution in [2.45, 2.75) is 31.1 Å². The first kappa shape index (κ1) is 15.5. The molecule has 3 atom stereocenters. The van der Waals surface area contributed by atoms with E-state index >= 15 is 0 Å². The van der Waals surface area contributed by atoms with Crippen LogP contribution in [-0.2, 0) is 4.74 Å². The lowest BCUT2D eigenvalue weighted by Gasteiger charge is -2.38. The summed E-state index contributed by atoms with van der Waals surface area (Å²) >= 11 is 1.40. The highest BCUT2D eigenvalue weighted by Gasteiger charge is 2.46. The van der Waals surface area contributed by atoms with Crippen molar-refractivity contribution in [2.75, 3.05) is 13.2 Å². The van der Waals surface area contributed by atoms with Gasteiger partial charge in [0.05, 0.1) is 18.2 Å². The number of pyridine rings is 1. The average Bonchev–Trinajstić information content (AvgIpc) is 3.26. The Balaban J connectivity index is 1.50. The zero-order valence-corrected chi connectivity index (χ0v) is 13.6. The summed E-state index contributed by atoms with van der Waals surface area (Å²) in [5.74, 6) is -0.596. The fraction of sp³-hybridized carbons (Fsp3) is 0.438. The lowest BCUT2D eigenvalue weighted by atomic mass is 10.1. The van der Waals surface area contributed by atoms with Crippen LogP contribution < -0.4 is 4.74 Å². The van der Waals surface area contributed by atoms with Crippen LogP contribution in [0.2, 0.25) is 0 Å². The highest BCUT2D eigenvalue weighted by molar-refractivity contribution is 7.07. The minimum Gasteiger partial charge on any atom is -0.469 e. The SMILES string of the molecule is O=C(c1cscn1)N1CCO[C@H]2[C@H]1CC[C@H]2Oc1ncccc1F. The number of fused-ring (bicyclic) bond motifs is 1. The number of rotatable bonds is 3. The second-order valence-corrected chi connectivity index (χ2v) is 6.52. The zero-order valence-electron chi connectivity index (χ0n) is 12.8. The summed E-state index contributed by atoms with van der Waals surface area (Å²) in [7, 11) is 0. The summed E-state index contributed by atoms with van der Waals surface area (Å²) in [6, 6.07) is 2.75. The third-order valence-corrected chi connectivity index (χ3v) is 5.02. The first-order valence-electron chi connectivity index (χ1n) is 7.82. The van der Waals surface area contributed by atoms with Crippen LogP contribution in [0.15, 0.2) is 29.2 Å². The molecule has 2 fully saturated rings. The molecule has 6 nitrogen and oxygen atoms in total. The minimum absolute atomic E-state index is 0.0188. The maximum absolute atomic E-state index is 13.8. The van der Waals surface area contributed by atoms with Crippen LogP contribution in [0.4, 0.5) is 4.39 Å². The Morgan fingerprint density at radius 2 is 2.33 bits per heavy atom. The molecule has 0 radical (unpaired) electrons. The molecular formula is C16H16FN3O3S. The lowest BCUT2D eigenvalue weighted by Crippen LogP contribution is -2.54. The molecular weight excluding hydrogens is 333 g/mol. The quantitative estimate of drug-likeness (QED) is 0.849. The summed E-state index contributed by atoms with van der Waals surface area (Å²) in [6.07, 6.45) is 2.34. The van der Waals surface area contributed by atoms with Crippen molar-refractivity contribution in [1.82, 2.24) is 14.9 Å². The highest BCUT2D eigenvalue weighted by Crippen LogP contribution is 2.33. The third-order valence-electron chi connectivity index (χ3n) is 4.44. The number of nitrogens with zero attached hydrogens (tertiary/aromatic N) is 3. The maximum atomic E-state index is 13.8. The summed E-state index contributed by atoms with van der Waals surface area (Å²) in [5.41, 5.74) is 2.11. The molecule has 0 aromatic carbocycles. The maximum Gasteiger partial charge on any atom is 0.273 e. The molecule has 1 saturated heterocycles. The van der Waals surface area contributed by atoms with Crippen molar-refractivity contribution in [3.8, 4) is 5.88 Å². The molecule has 0 bridgehead atoms. The molecule has 1 saturated carbocycles. The highest BCUT2D eigenvalue weighted by atomic mass is 32.1. The van der Waals surface area contributed by atoms with Gasteiger partial charge in [0, 0.05) is 18.1 Å². The number of ether oxygens (including phenoxy) is 2. The van der Waals surface area contributed by atoms with E-state index in [0.717, 1.165) is 6.42 Å². The van der Waals surface area contributed by atoms with E-state index in [-0.39, 0.29) is 30.0 Å². The van der Waals surface area contributed by atoms with Gasteiger partial charge in [-0.1, -0.05) is 0 Å². The number of amides is 1. The van der Waals surface area contributed by atoms with Crippen molar-refractivity contribution in [3.05, 3.63) is 40.7 Å². The van der Waals surface area contributed by atoms with Crippen molar-refractivity contribution in [1.29, 1.82) is 0 Å². The lowest BCUT2D eigenvalue weighted by molar-refractivity contribution is -0.0799. The van der Waals surface area contributed by atoms with E-state index in [4.69, 9.17) is 9.47 Å². The Kier molecular flexibility index (Phi) is 4.15. The molecule has 1 amide bonds. The van der Waals surface area contributed by atoms with Gasteiger partial charge in [0.15, 0.2) is 5.82 Å². The van der Waals surface area contributed by atoms with Gasteiger partial charge in [0.25, 0.3) is 11.8 Å². The topological polar surface area (TPSA) is 64.6 Å². The van der Waals surface area contributed by atoms with Gasteiger partial charge in [-0.2, -0.15) is 0 Å². The van der Waals surface area contributed by atoms with E-state index in [1.54, 1.807) is 15.8 Å². The summed E-state index contributed by atoms with van der Waals surface area (Å²) in [6.45, 7) is 0.962. The van der Waals surface area contributed by atoms with Crippen LogP contribution in [0.3, 0.4) is 0 Å². The molecule has 0 N–H and O–H groups in total. The standard InChI is InChI=1S/C16H16FN3O3S/c17-10-2-1-5-18-15(10)23-13-4-3-12-14(13)22-7-6-20(12)16(21)11-8-24-9-19-11/h1-2,5,8-9,12-14H,3-4,6-7H2/t12-,13-,14+/m1/s1. The molecule has 1 aliphatic carbocycles. The minimum atomic E-state index is -0.493. The van der Waals surface area contributed by atoms with Gasteiger partial charge < -0.3 is 14.4 Å². The molecule has 1 aliphatic heterocycles. The molecule has 4 rings (SSSR count). The Labute approximate surface area is 142 Å². The smallest absolute Gasteiger partial charge is 0.273 e. The Morgan fingerprint density at radius 1 is 1.42 bits per heavy atom. The Morgan fingerprint density at radius 3 is 3.12 bits per heavy atom. The summed E-state index contributed by atoms with van der Waals surface area (Å²) in [4.78, 5) is 22.5. The van der Waals surface area contributed by atoms with Crippen LogP contribution in [0.25, 0.3) is 0 Å².